The van der Waals surface area contributed by atoms with Crippen molar-refractivity contribution in [1.82, 2.24) is 15.0 Å². The van der Waals surface area contributed by atoms with Crippen molar-refractivity contribution in [3.63, 3.8) is 0 Å². The van der Waals surface area contributed by atoms with Gasteiger partial charge in [0.15, 0.2) is 11.4 Å². The van der Waals surface area contributed by atoms with E-state index in [4.69, 9.17) is 21.4 Å². The number of hydrogen-bond donors (Lipinski definition) is 2. The second-order valence-corrected chi connectivity index (χ2v) is 9.22. The van der Waals surface area contributed by atoms with Gasteiger partial charge in [-0.05, 0) is 50.5 Å². The summed E-state index contributed by atoms with van der Waals surface area (Å²) in [6, 6.07) is 9.52. The minimum atomic E-state index is -0.737. The molecule has 7 nitrogen and oxygen atoms in total. The van der Waals surface area contributed by atoms with Crippen molar-refractivity contribution in [3.8, 4) is 17.3 Å². The summed E-state index contributed by atoms with van der Waals surface area (Å²) in [6.07, 6.45) is 5.43. The third kappa shape index (κ3) is 4.48. The molecule has 0 saturated heterocycles. The maximum absolute atomic E-state index is 12.3. The lowest BCUT2D eigenvalue weighted by Crippen LogP contribution is -2.28. The van der Waals surface area contributed by atoms with Crippen LogP contribution in [0.5, 0.6) is 6.01 Å². The first kappa shape index (κ1) is 20.9. The molecule has 2 N–H and O–H groups in total. The molecule has 0 unspecified atom stereocenters. The number of ether oxygens (including phenoxy) is 1. The van der Waals surface area contributed by atoms with E-state index in [1.54, 1.807) is 6.07 Å². The van der Waals surface area contributed by atoms with Crippen LogP contribution in [-0.4, -0.2) is 37.9 Å². The van der Waals surface area contributed by atoms with Gasteiger partial charge in [0.05, 0.1) is 22.2 Å². The molecule has 0 radical (unpaired) electrons. The van der Waals surface area contributed by atoms with E-state index in [2.05, 4.69) is 15.0 Å². The predicted molar refractivity (Wildman–Crippen MR) is 120 cm³/mol. The molecule has 1 aromatic carbocycles. The van der Waals surface area contributed by atoms with Gasteiger partial charge in [-0.15, -0.1) is 0 Å². The average Bonchev–Trinajstić information content (AvgIpc) is 3.51. The third-order valence-electron chi connectivity index (χ3n) is 6.36. The number of nitrogens with one attached hydrogen (secondary N) is 1. The lowest BCUT2D eigenvalue weighted by Gasteiger charge is -2.25. The highest BCUT2D eigenvalue weighted by Gasteiger charge is 2.28. The second kappa shape index (κ2) is 8.54. The lowest BCUT2D eigenvalue weighted by molar-refractivity contribution is -0.143. The molecule has 2 aromatic heterocycles. The van der Waals surface area contributed by atoms with Crippen LogP contribution in [0.25, 0.3) is 22.4 Å². The van der Waals surface area contributed by atoms with Crippen LogP contribution in [0.1, 0.15) is 55.3 Å². The number of halogens is 1. The number of ketones is 1. The maximum atomic E-state index is 12.3. The molecule has 166 valence electrons. The topological polar surface area (TPSA) is 105 Å². The number of hydrogen-bond acceptors (Lipinski definition) is 5. The number of carboxylic acid groups (broad SMARTS) is 1. The summed E-state index contributed by atoms with van der Waals surface area (Å²) >= 11 is 6.49. The van der Waals surface area contributed by atoms with Crippen LogP contribution >= 0.6 is 11.6 Å². The first-order valence-electron chi connectivity index (χ1n) is 11.1. The van der Waals surface area contributed by atoms with E-state index >= 15 is 0 Å². The summed E-state index contributed by atoms with van der Waals surface area (Å²) in [4.78, 5) is 35.6. The molecule has 0 aliphatic heterocycles. The van der Waals surface area contributed by atoms with E-state index in [-0.39, 0.29) is 17.8 Å². The quantitative estimate of drug-likeness (QED) is 0.471. The van der Waals surface area contributed by atoms with Crippen LogP contribution in [0, 0.1) is 11.8 Å². The van der Waals surface area contributed by atoms with Gasteiger partial charge in [0.2, 0.25) is 0 Å². The number of benzene rings is 1. The Hall–Kier alpha value is -2.93. The van der Waals surface area contributed by atoms with Gasteiger partial charge in [0.1, 0.15) is 6.10 Å². The standard InChI is InChI=1S/C24H24ClN3O4/c25-18-12-19-22(28-24(26-19)32-17-9-7-16(8-10-17)23(30)31)27-21(18)15-5-3-14(4-6-15)20(29)11-13-1-2-13/h3-6,12-13,16-17H,1-2,7-11H2,(H,30,31)(H,26,27,28). The molecule has 0 atom stereocenters. The predicted octanol–water partition coefficient (Wildman–Crippen LogP) is 5.28. The highest BCUT2D eigenvalue weighted by Crippen LogP contribution is 2.34. The number of carboxylic acids is 1. The van der Waals surface area contributed by atoms with Gasteiger partial charge < -0.3 is 14.8 Å². The minimum absolute atomic E-state index is 0.0678. The number of Topliss-reactive ketones (excluding diaryl/α,β-unsaturated/α-hetero) is 1. The zero-order valence-electron chi connectivity index (χ0n) is 17.5. The Morgan fingerprint density at radius 2 is 1.78 bits per heavy atom. The normalized spacial score (nSPS) is 20.9. The first-order valence-corrected chi connectivity index (χ1v) is 11.4. The molecule has 2 aliphatic rings. The molecule has 2 heterocycles. The maximum Gasteiger partial charge on any atom is 0.306 e. The molecular formula is C24H24ClN3O4. The Kier molecular flexibility index (Phi) is 5.59. The largest absolute Gasteiger partial charge is 0.481 e. The molecular weight excluding hydrogens is 430 g/mol. The molecule has 0 amide bonds. The summed E-state index contributed by atoms with van der Waals surface area (Å²) in [5.41, 5.74) is 3.29. The summed E-state index contributed by atoms with van der Waals surface area (Å²) < 4.78 is 5.95. The van der Waals surface area contributed by atoms with Crippen LogP contribution in [0.15, 0.2) is 30.3 Å². The number of carbonyl (C=O) groups is 2. The van der Waals surface area contributed by atoms with Crippen molar-refractivity contribution in [2.75, 3.05) is 0 Å². The average molecular weight is 454 g/mol. The number of imidazole rings is 1. The number of nitrogens with zero attached hydrogens (tertiary/aromatic N) is 2. The highest BCUT2D eigenvalue weighted by atomic mass is 35.5. The lowest BCUT2D eigenvalue weighted by atomic mass is 9.87. The van der Waals surface area contributed by atoms with Gasteiger partial charge in [-0.2, -0.15) is 4.98 Å². The SMILES string of the molecule is O=C(CC1CC1)c1ccc(-c2nc3nc(OC4CCC(C(=O)O)CC4)[nH]c3cc2Cl)cc1. The van der Waals surface area contributed by atoms with Crippen LogP contribution in [0.3, 0.4) is 0 Å². The number of aromatic amines is 1. The third-order valence-corrected chi connectivity index (χ3v) is 6.65. The van der Waals surface area contributed by atoms with Crippen LogP contribution in [0.2, 0.25) is 5.02 Å². The van der Waals surface area contributed by atoms with E-state index in [1.807, 2.05) is 24.3 Å². The summed E-state index contributed by atoms with van der Waals surface area (Å²) in [5, 5.41) is 9.62. The molecule has 2 aliphatic carbocycles. The van der Waals surface area contributed by atoms with Crippen molar-refractivity contribution in [3.05, 3.63) is 40.9 Å². The van der Waals surface area contributed by atoms with Gasteiger partial charge in [-0.3, -0.25) is 9.59 Å². The fourth-order valence-corrected chi connectivity index (χ4v) is 4.52. The number of H-pyrrole nitrogens is 1. The Labute approximate surface area is 190 Å². The molecule has 8 heteroatoms. The smallest absolute Gasteiger partial charge is 0.306 e. The van der Waals surface area contributed by atoms with E-state index < -0.39 is 5.97 Å². The van der Waals surface area contributed by atoms with Crippen LogP contribution < -0.4 is 4.74 Å². The van der Waals surface area contributed by atoms with Crippen molar-refractivity contribution in [2.24, 2.45) is 11.8 Å². The Morgan fingerprint density at radius 3 is 2.44 bits per heavy atom. The molecule has 2 fully saturated rings. The van der Waals surface area contributed by atoms with Crippen molar-refractivity contribution in [1.29, 1.82) is 0 Å². The highest BCUT2D eigenvalue weighted by molar-refractivity contribution is 6.33. The number of pyridine rings is 1. The Morgan fingerprint density at radius 1 is 1.06 bits per heavy atom. The molecule has 3 aromatic rings. The van der Waals surface area contributed by atoms with E-state index in [0.29, 0.717) is 71.5 Å². The fourth-order valence-electron chi connectivity index (χ4n) is 4.26. The van der Waals surface area contributed by atoms with Crippen molar-refractivity contribution < 1.29 is 19.4 Å². The van der Waals surface area contributed by atoms with E-state index in [1.165, 1.54) is 0 Å². The number of aliphatic carboxylic acids is 1. The number of fused-ring (bicyclic) bond motifs is 1. The number of rotatable bonds is 7. The van der Waals surface area contributed by atoms with Gasteiger partial charge in [0, 0.05) is 17.5 Å². The van der Waals surface area contributed by atoms with E-state index in [0.717, 1.165) is 18.4 Å². The zero-order chi connectivity index (χ0) is 22.2. The molecule has 32 heavy (non-hydrogen) atoms. The number of carbonyl (C=O) groups excluding carboxylic acids is 1. The molecule has 2 saturated carbocycles. The van der Waals surface area contributed by atoms with Crippen LogP contribution in [0.4, 0.5) is 0 Å². The fraction of sp³-hybridized carbons (Fsp3) is 0.417. The van der Waals surface area contributed by atoms with Crippen molar-refractivity contribution in [2.45, 2.75) is 51.0 Å². The van der Waals surface area contributed by atoms with Gasteiger partial charge in [0.25, 0.3) is 6.01 Å². The Bertz CT molecular complexity index is 1160. The van der Waals surface area contributed by atoms with Crippen molar-refractivity contribution >= 4 is 34.5 Å². The summed E-state index contributed by atoms with van der Waals surface area (Å²) in [5.74, 6) is -0.285. The first-order chi connectivity index (χ1) is 15.5. The minimum Gasteiger partial charge on any atom is -0.481 e. The van der Waals surface area contributed by atoms with Gasteiger partial charge in [-0.1, -0.05) is 35.9 Å². The van der Waals surface area contributed by atoms with Crippen LogP contribution in [-0.2, 0) is 4.79 Å². The zero-order valence-corrected chi connectivity index (χ0v) is 18.3. The summed E-state index contributed by atoms with van der Waals surface area (Å²) in [7, 11) is 0. The van der Waals surface area contributed by atoms with E-state index in [9.17, 15) is 9.59 Å². The molecule has 0 bridgehead atoms. The molecule has 5 rings (SSSR count). The monoisotopic (exact) mass is 453 g/mol. The number of aromatic nitrogens is 3. The van der Waals surface area contributed by atoms with Gasteiger partial charge in [-0.25, -0.2) is 4.98 Å². The summed E-state index contributed by atoms with van der Waals surface area (Å²) in [6.45, 7) is 0. The van der Waals surface area contributed by atoms with Gasteiger partial charge >= 0.3 is 5.97 Å². The second-order valence-electron chi connectivity index (χ2n) is 8.81. The Balaban J connectivity index is 1.31. The molecule has 0 spiro atoms.